The number of carbonyl (C=O) groups is 4. The molecule has 1 atom stereocenters. The summed E-state index contributed by atoms with van der Waals surface area (Å²) in [5.74, 6) is -1.91. The number of carbonyl (C=O) groups excluding carboxylic acids is 4. The summed E-state index contributed by atoms with van der Waals surface area (Å²) in [7, 11) is 0. The van der Waals surface area contributed by atoms with Crippen molar-refractivity contribution in [3.63, 3.8) is 0 Å². The fraction of sp³-hybridized carbons (Fsp3) is 0.375. The minimum Gasteiger partial charge on any atom is -0.309 e. The lowest BCUT2D eigenvalue weighted by Gasteiger charge is -2.38. The summed E-state index contributed by atoms with van der Waals surface area (Å²) < 4.78 is 0. The van der Waals surface area contributed by atoms with Crippen LogP contribution in [0.25, 0.3) is 0 Å². The van der Waals surface area contributed by atoms with E-state index in [0.29, 0.717) is 24.2 Å². The third-order valence-electron chi connectivity index (χ3n) is 4.91. The van der Waals surface area contributed by atoms with E-state index in [1.165, 1.54) is 6.92 Å². The van der Waals surface area contributed by atoms with Gasteiger partial charge in [0.2, 0.25) is 5.91 Å². The van der Waals surface area contributed by atoms with E-state index in [1.807, 2.05) is 0 Å². The molecule has 7 nitrogen and oxygen atoms in total. The third-order valence-corrected chi connectivity index (χ3v) is 4.91. The number of hydrogen-bond donors (Lipinski definition) is 2. The first-order chi connectivity index (χ1) is 10.9. The van der Waals surface area contributed by atoms with Crippen molar-refractivity contribution in [1.29, 1.82) is 0 Å². The van der Waals surface area contributed by atoms with Gasteiger partial charge in [0, 0.05) is 19.5 Å². The molecule has 4 amide bonds. The molecule has 118 valence electrons. The van der Waals surface area contributed by atoms with E-state index in [-0.39, 0.29) is 18.7 Å². The normalized spacial score (nSPS) is 26.4. The number of benzene rings is 1. The summed E-state index contributed by atoms with van der Waals surface area (Å²) in [5, 5.41) is 5.40. The minimum absolute atomic E-state index is 0.107. The number of fused-ring (bicyclic) bond motifs is 2. The zero-order valence-electron chi connectivity index (χ0n) is 12.6. The van der Waals surface area contributed by atoms with Crippen molar-refractivity contribution in [2.45, 2.75) is 38.4 Å². The van der Waals surface area contributed by atoms with Crippen molar-refractivity contribution in [3.05, 3.63) is 34.4 Å². The summed E-state index contributed by atoms with van der Waals surface area (Å²) >= 11 is 0. The minimum atomic E-state index is -1.33. The predicted octanol–water partition coefficient (Wildman–Crippen LogP) is 0.0811. The maximum absolute atomic E-state index is 12.8. The smallest absolute Gasteiger partial charge is 0.262 e. The molecule has 0 bridgehead atoms. The van der Waals surface area contributed by atoms with E-state index in [1.54, 1.807) is 12.1 Å². The molecule has 1 saturated heterocycles. The van der Waals surface area contributed by atoms with Crippen LogP contribution in [0.4, 0.5) is 0 Å². The van der Waals surface area contributed by atoms with Gasteiger partial charge >= 0.3 is 0 Å². The molecule has 3 aliphatic heterocycles. The monoisotopic (exact) mass is 313 g/mol. The highest BCUT2D eigenvalue weighted by atomic mass is 16.2. The highest BCUT2D eigenvalue weighted by molar-refractivity contribution is 6.24. The molecule has 1 fully saturated rings. The number of nitrogens with one attached hydrogen (secondary N) is 2. The van der Waals surface area contributed by atoms with Gasteiger partial charge < -0.3 is 5.32 Å². The van der Waals surface area contributed by atoms with Crippen molar-refractivity contribution in [3.8, 4) is 0 Å². The second-order valence-corrected chi connectivity index (χ2v) is 6.37. The molecule has 1 unspecified atom stereocenters. The van der Waals surface area contributed by atoms with Crippen LogP contribution < -0.4 is 10.6 Å². The maximum Gasteiger partial charge on any atom is 0.262 e. The largest absolute Gasteiger partial charge is 0.309 e. The Kier molecular flexibility index (Phi) is 2.74. The van der Waals surface area contributed by atoms with Crippen LogP contribution in [0.2, 0.25) is 0 Å². The van der Waals surface area contributed by atoms with Gasteiger partial charge in [-0.25, -0.2) is 0 Å². The average molecular weight is 313 g/mol. The van der Waals surface area contributed by atoms with Gasteiger partial charge in [-0.1, -0.05) is 0 Å². The van der Waals surface area contributed by atoms with Gasteiger partial charge in [-0.3, -0.25) is 29.4 Å². The van der Waals surface area contributed by atoms with Crippen molar-refractivity contribution in [2.24, 2.45) is 0 Å². The number of hydrogen-bond acceptors (Lipinski definition) is 5. The highest BCUT2D eigenvalue weighted by Crippen LogP contribution is 2.35. The number of amides is 4. The van der Waals surface area contributed by atoms with Gasteiger partial charge in [-0.2, -0.15) is 0 Å². The standard InChI is InChI=1S/C16H15N3O4/c1-16(3-2-12(20)18-15(16)23)19-13(21)10-4-8-6-17-7-9(8)5-11(10)14(19)22/h4-5,17H,2-3,6-7H2,1H3,(H,18,20,23). The second kappa shape index (κ2) is 4.48. The Bertz CT molecular complexity index is 758. The van der Waals surface area contributed by atoms with Crippen molar-refractivity contribution in [1.82, 2.24) is 15.5 Å². The van der Waals surface area contributed by atoms with E-state index >= 15 is 0 Å². The molecule has 0 spiro atoms. The summed E-state index contributed by atoms with van der Waals surface area (Å²) in [6.45, 7) is 2.86. The molecule has 7 heteroatoms. The lowest BCUT2D eigenvalue weighted by atomic mass is 9.89. The Morgan fingerprint density at radius 1 is 1.00 bits per heavy atom. The molecular weight excluding hydrogens is 298 g/mol. The zero-order chi connectivity index (χ0) is 16.4. The molecule has 0 saturated carbocycles. The van der Waals surface area contributed by atoms with E-state index < -0.39 is 23.3 Å². The van der Waals surface area contributed by atoms with Crippen LogP contribution in [0.3, 0.4) is 0 Å². The molecule has 1 aromatic rings. The number of piperidine rings is 1. The summed E-state index contributed by atoms with van der Waals surface area (Å²) in [4.78, 5) is 50.2. The number of nitrogens with zero attached hydrogens (tertiary/aromatic N) is 1. The SMILES string of the molecule is CC1(N2C(=O)c3cc4c(cc3C2=O)CNC4)CCC(=O)NC1=O. The first-order valence-corrected chi connectivity index (χ1v) is 7.51. The topological polar surface area (TPSA) is 95.6 Å². The molecular formula is C16H15N3O4. The molecule has 0 radical (unpaired) electrons. The number of rotatable bonds is 1. The Hall–Kier alpha value is -2.54. The Labute approximate surface area is 132 Å². The lowest BCUT2D eigenvalue weighted by molar-refractivity contribution is -0.140. The first kappa shape index (κ1) is 14.1. The van der Waals surface area contributed by atoms with E-state index in [4.69, 9.17) is 0 Å². The Morgan fingerprint density at radius 2 is 1.57 bits per heavy atom. The second-order valence-electron chi connectivity index (χ2n) is 6.37. The van der Waals surface area contributed by atoms with Gasteiger partial charge in [0.15, 0.2) is 0 Å². The number of imide groups is 2. The summed E-state index contributed by atoms with van der Waals surface area (Å²) in [6, 6.07) is 3.47. The highest BCUT2D eigenvalue weighted by Gasteiger charge is 2.52. The molecule has 0 aromatic heterocycles. The van der Waals surface area contributed by atoms with Crippen LogP contribution in [0, 0.1) is 0 Å². The van der Waals surface area contributed by atoms with Gasteiger partial charge in [-0.15, -0.1) is 0 Å². The molecule has 3 aliphatic rings. The molecule has 23 heavy (non-hydrogen) atoms. The van der Waals surface area contributed by atoms with Crippen LogP contribution in [0.15, 0.2) is 12.1 Å². The predicted molar refractivity (Wildman–Crippen MR) is 78.3 cm³/mol. The summed E-state index contributed by atoms with van der Waals surface area (Å²) in [6.07, 6.45) is 0.250. The zero-order valence-corrected chi connectivity index (χ0v) is 12.6. The Morgan fingerprint density at radius 3 is 2.09 bits per heavy atom. The van der Waals surface area contributed by atoms with Crippen LogP contribution >= 0.6 is 0 Å². The fourth-order valence-electron chi connectivity index (χ4n) is 3.49. The maximum atomic E-state index is 12.8. The molecule has 2 N–H and O–H groups in total. The first-order valence-electron chi connectivity index (χ1n) is 7.51. The Balaban J connectivity index is 1.78. The van der Waals surface area contributed by atoms with Gasteiger partial charge in [0.05, 0.1) is 11.1 Å². The molecule has 1 aromatic carbocycles. The van der Waals surface area contributed by atoms with Crippen molar-refractivity contribution >= 4 is 23.6 Å². The average Bonchev–Trinajstić information content (AvgIpc) is 3.06. The third kappa shape index (κ3) is 1.80. The summed E-state index contributed by atoms with van der Waals surface area (Å²) in [5.41, 5.74) is 1.34. The van der Waals surface area contributed by atoms with Crippen LogP contribution in [0.5, 0.6) is 0 Å². The van der Waals surface area contributed by atoms with Crippen LogP contribution in [0.1, 0.15) is 51.6 Å². The van der Waals surface area contributed by atoms with Crippen LogP contribution in [-0.4, -0.2) is 34.1 Å². The van der Waals surface area contributed by atoms with Crippen molar-refractivity contribution in [2.75, 3.05) is 0 Å². The van der Waals surface area contributed by atoms with E-state index in [2.05, 4.69) is 10.6 Å². The van der Waals surface area contributed by atoms with E-state index in [0.717, 1.165) is 16.0 Å². The fourth-order valence-corrected chi connectivity index (χ4v) is 3.49. The van der Waals surface area contributed by atoms with Gasteiger partial charge in [-0.05, 0) is 36.6 Å². The molecule has 4 rings (SSSR count). The van der Waals surface area contributed by atoms with E-state index in [9.17, 15) is 19.2 Å². The lowest BCUT2D eigenvalue weighted by Crippen LogP contribution is -2.62. The molecule has 0 aliphatic carbocycles. The van der Waals surface area contributed by atoms with Crippen molar-refractivity contribution < 1.29 is 19.2 Å². The quantitative estimate of drug-likeness (QED) is 0.716. The van der Waals surface area contributed by atoms with Gasteiger partial charge in [0.25, 0.3) is 17.7 Å². The van der Waals surface area contributed by atoms with Gasteiger partial charge in [0.1, 0.15) is 5.54 Å². The van der Waals surface area contributed by atoms with Crippen LogP contribution in [-0.2, 0) is 22.7 Å². The molecule has 3 heterocycles.